The van der Waals surface area contributed by atoms with E-state index in [0.717, 1.165) is 12.3 Å². The second-order valence-corrected chi connectivity index (χ2v) is 3.62. The van der Waals surface area contributed by atoms with E-state index in [2.05, 4.69) is 25.6 Å². The molecule has 0 aromatic heterocycles. The van der Waals surface area contributed by atoms with Gasteiger partial charge in [0.25, 0.3) is 6.54 Å². The predicted molar refractivity (Wildman–Crippen MR) is 48.8 cm³/mol. The minimum absolute atomic E-state index is 0.687. The van der Waals surface area contributed by atoms with E-state index in [1.165, 1.54) is 12.8 Å². The van der Waals surface area contributed by atoms with Crippen LogP contribution >= 0.6 is 0 Å². The maximum absolute atomic E-state index is 6.58. The van der Waals surface area contributed by atoms with Gasteiger partial charge in [0.05, 0.1) is 0 Å². The summed E-state index contributed by atoms with van der Waals surface area (Å²) in [6, 6.07) is 0. The van der Waals surface area contributed by atoms with E-state index in [1.807, 2.05) is 0 Å². The molecule has 0 amide bonds. The second-order valence-electron chi connectivity index (χ2n) is 3.62. The van der Waals surface area contributed by atoms with Crippen molar-refractivity contribution in [2.75, 3.05) is 0 Å². The molecule has 1 radical (unpaired) electrons. The molecule has 0 aliphatic rings. The highest BCUT2D eigenvalue weighted by Crippen LogP contribution is 2.15. The fraction of sp³-hybridized carbons (Fsp3) is 0.800. The van der Waals surface area contributed by atoms with Crippen LogP contribution in [0, 0.1) is 25.0 Å². The lowest BCUT2D eigenvalue weighted by Gasteiger charge is -2.08. The number of hydrogen-bond acceptors (Lipinski definition) is 0. The molecule has 1 nitrogen and oxygen atoms in total. The summed E-state index contributed by atoms with van der Waals surface area (Å²) >= 11 is 0. The van der Waals surface area contributed by atoms with Crippen molar-refractivity contribution in [3.05, 3.63) is 18.0 Å². The highest BCUT2D eigenvalue weighted by Gasteiger charge is 2.05. The summed E-state index contributed by atoms with van der Waals surface area (Å²) in [6.07, 6.45) is 3.49. The summed E-state index contributed by atoms with van der Waals surface area (Å²) in [5, 5.41) is 0. The van der Waals surface area contributed by atoms with Crippen molar-refractivity contribution in [1.82, 2.24) is 0 Å². The van der Waals surface area contributed by atoms with Crippen LogP contribution < -0.4 is 0 Å². The standard InChI is InChI=1S/C10H18N/c1-9(2)5-6-10(3)7-8-11-4/h8-10H,5-7H2,1-3H3. The van der Waals surface area contributed by atoms with Gasteiger partial charge in [-0.3, -0.25) is 0 Å². The van der Waals surface area contributed by atoms with Gasteiger partial charge in [0.15, 0.2) is 0 Å². The zero-order valence-electron chi connectivity index (χ0n) is 7.80. The van der Waals surface area contributed by atoms with Crippen molar-refractivity contribution in [3.63, 3.8) is 0 Å². The van der Waals surface area contributed by atoms with Crippen molar-refractivity contribution in [2.24, 2.45) is 11.8 Å². The topological polar surface area (TPSA) is 4.36 Å². The molecule has 0 N–H and O–H groups in total. The van der Waals surface area contributed by atoms with Crippen molar-refractivity contribution in [1.29, 1.82) is 0 Å². The molecule has 0 saturated heterocycles. The van der Waals surface area contributed by atoms with Gasteiger partial charge < -0.3 is 4.85 Å². The van der Waals surface area contributed by atoms with Gasteiger partial charge in [0.2, 0.25) is 0 Å². The summed E-state index contributed by atoms with van der Waals surface area (Å²) in [5.74, 6) is 1.48. The van der Waals surface area contributed by atoms with E-state index in [1.54, 1.807) is 6.54 Å². The van der Waals surface area contributed by atoms with Crippen LogP contribution in [0.25, 0.3) is 4.85 Å². The van der Waals surface area contributed by atoms with Gasteiger partial charge in [-0.05, 0) is 11.8 Å². The Morgan fingerprint density at radius 2 is 1.91 bits per heavy atom. The molecule has 0 aromatic carbocycles. The zero-order valence-corrected chi connectivity index (χ0v) is 7.80. The molecule has 0 bridgehead atoms. The highest BCUT2D eigenvalue weighted by atomic mass is 14.6. The molecule has 0 aromatic rings. The number of nitrogens with zero attached hydrogens (tertiary/aromatic N) is 1. The van der Waals surface area contributed by atoms with E-state index in [-0.39, 0.29) is 0 Å². The summed E-state index contributed by atoms with van der Waals surface area (Å²) in [4.78, 5) is 3.23. The normalized spacial score (nSPS) is 13.0. The van der Waals surface area contributed by atoms with Crippen LogP contribution in [0.2, 0.25) is 0 Å². The van der Waals surface area contributed by atoms with Crippen LogP contribution in [0.3, 0.4) is 0 Å². The molecule has 0 fully saturated rings. The number of rotatable bonds is 5. The van der Waals surface area contributed by atoms with E-state index in [4.69, 9.17) is 6.57 Å². The Kier molecular flexibility index (Phi) is 5.93. The Hall–Kier alpha value is -0.510. The zero-order chi connectivity index (χ0) is 8.69. The Balaban J connectivity index is 3.23. The predicted octanol–water partition coefficient (Wildman–Crippen LogP) is 3.53. The van der Waals surface area contributed by atoms with E-state index < -0.39 is 0 Å². The third-order valence-corrected chi connectivity index (χ3v) is 1.84. The molecule has 63 valence electrons. The van der Waals surface area contributed by atoms with Gasteiger partial charge in [-0.1, -0.05) is 33.6 Å². The number of hydrogen-bond donors (Lipinski definition) is 0. The molecule has 11 heavy (non-hydrogen) atoms. The Bertz CT molecular complexity index is 121. The van der Waals surface area contributed by atoms with Crippen molar-refractivity contribution >= 4 is 0 Å². The monoisotopic (exact) mass is 152 g/mol. The lowest BCUT2D eigenvalue weighted by atomic mass is 9.97. The van der Waals surface area contributed by atoms with Crippen LogP contribution in [0.15, 0.2) is 0 Å². The van der Waals surface area contributed by atoms with Crippen LogP contribution in [-0.2, 0) is 0 Å². The minimum Gasteiger partial charge on any atom is -0.305 e. The third kappa shape index (κ3) is 7.39. The second kappa shape index (κ2) is 6.22. The van der Waals surface area contributed by atoms with Crippen molar-refractivity contribution < 1.29 is 0 Å². The summed E-state index contributed by atoms with van der Waals surface area (Å²) in [6.45, 7) is 15.0. The van der Waals surface area contributed by atoms with Crippen molar-refractivity contribution in [2.45, 2.75) is 40.0 Å². The van der Waals surface area contributed by atoms with Gasteiger partial charge in [0.1, 0.15) is 0 Å². The van der Waals surface area contributed by atoms with Crippen LogP contribution in [-0.4, -0.2) is 0 Å². The van der Waals surface area contributed by atoms with Crippen LogP contribution in [0.4, 0.5) is 0 Å². The van der Waals surface area contributed by atoms with Gasteiger partial charge in [0, 0.05) is 6.42 Å². The largest absolute Gasteiger partial charge is 0.305 e. The maximum Gasteiger partial charge on any atom is 0.297 e. The first-order valence-corrected chi connectivity index (χ1v) is 4.35. The van der Waals surface area contributed by atoms with Gasteiger partial charge >= 0.3 is 0 Å². The molecule has 1 heteroatoms. The fourth-order valence-corrected chi connectivity index (χ4v) is 0.968. The minimum atomic E-state index is 0.687. The molecule has 0 aliphatic carbocycles. The molecule has 1 unspecified atom stereocenters. The summed E-state index contributed by atoms with van der Waals surface area (Å²) < 4.78 is 0. The Morgan fingerprint density at radius 3 is 2.36 bits per heavy atom. The first kappa shape index (κ1) is 10.5. The average Bonchev–Trinajstić information content (AvgIpc) is 1.97. The Labute approximate surface area is 70.6 Å². The molecule has 1 atom stereocenters. The molecule has 0 heterocycles. The lowest BCUT2D eigenvalue weighted by molar-refractivity contribution is 0.448. The SMILES string of the molecule is [C-]#[N+][CH]CC(C)CCC(C)C. The molecule has 0 saturated carbocycles. The van der Waals surface area contributed by atoms with Crippen molar-refractivity contribution in [3.8, 4) is 0 Å². The molecular formula is C10H18N. The molecule has 0 spiro atoms. The van der Waals surface area contributed by atoms with E-state index >= 15 is 0 Å². The van der Waals surface area contributed by atoms with Gasteiger partial charge in [-0.2, -0.15) is 0 Å². The smallest absolute Gasteiger partial charge is 0.297 e. The van der Waals surface area contributed by atoms with Gasteiger partial charge in [-0.15, -0.1) is 0 Å². The van der Waals surface area contributed by atoms with Gasteiger partial charge in [-0.25, -0.2) is 6.57 Å². The van der Waals surface area contributed by atoms with E-state index in [9.17, 15) is 0 Å². The quantitative estimate of drug-likeness (QED) is 0.531. The van der Waals surface area contributed by atoms with Crippen LogP contribution in [0.1, 0.15) is 40.0 Å². The average molecular weight is 152 g/mol. The van der Waals surface area contributed by atoms with Crippen LogP contribution in [0.5, 0.6) is 0 Å². The third-order valence-electron chi connectivity index (χ3n) is 1.84. The maximum atomic E-state index is 6.58. The fourth-order valence-electron chi connectivity index (χ4n) is 0.968. The Morgan fingerprint density at radius 1 is 1.27 bits per heavy atom. The summed E-state index contributed by atoms with van der Waals surface area (Å²) in [7, 11) is 0. The highest BCUT2D eigenvalue weighted by molar-refractivity contribution is 4.77. The first-order valence-electron chi connectivity index (χ1n) is 4.35. The molecule has 0 rings (SSSR count). The summed E-state index contributed by atoms with van der Waals surface area (Å²) in [5.41, 5.74) is 0. The van der Waals surface area contributed by atoms with E-state index in [0.29, 0.717) is 5.92 Å². The molecular weight excluding hydrogens is 134 g/mol. The first-order chi connectivity index (χ1) is 5.16. The molecule has 0 aliphatic heterocycles. The lowest BCUT2D eigenvalue weighted by Crippen LogP contribution is -1.97.